The lowest BCUT2D eigenvalue weighted by atomic mass is 9.90. The van der Waals surface area contributed by atoms with Gasteiger partial charge in [0.1, 0.15) is 5.75 Å². The molecule has 0 aliphatic carbocycles. The molecule has 2 atom stereocenters. The number of carbonyl (C=O) groups excluding carboxylic acids is 1. The topological polar surface area (TPSA) is 32.8 Å². The van der Waals surface area contributed by atoms with E-state index in [1.54, 1.807) is 14.0 Å². The second kappa shape index (κ2) is 13.3. The Bertz CT molecular complexity index is 1210. The van der Waals surface area contributed by atoms with Crippen LogP contribution in [0.3, 0.4) is 0 Å². The summed E-state index contributed by atoms with van der Waals surface area (Å²) < 4.78 is 5.41. The van der Waals surface area contributed by atoms with Crippen LogP contribution in [0.25, 0.3) is 6.08 Å². The van der Waals surface area contributed by atoms with Crippen LogP contribution < -0.4 is 14.5 Å². The molecule has 0 fully saturated rings. The van der Waals surface area contributed by atoms with Gasteiger partial charge in [-0.2, -0.15) is 0 Å². The minimum Gasteiger partial charge on any atom is -0.497 e. The molecule has 5 heteroatoms. The maximum Gasteiger partial charge on any atom is 0.224 e. The molecule has 1 aliphatic heterocycles. The van der Waals surface area contributed by atoms with Crippen LogP contribution in [0, 0.1) is 0 Å². The second-order valence-corrected chi connectivity index (χ2v) is 9.85. The summed E-state index contributed by atoms with van der Waals surface area (Å²) in [6.45, 7) is 8.13. The number of hydrogen-bond acceptors (Lipinski definition) is 3. The molecule has 0 N–H and O–H groups in total. The number of ether oxygens (including phenoxy) is 1. The molecule has 4 nitrogen and oxygen atoms in total. The first kappa shape index (κ1) is 28.3. The fourth-order valence-corrected chi connectivity index (χ4v) is 4.82. The molecule has 1 aliphatic rings. The van der Waals surface area contributed by atoms with E-state index in [-0.39, 0.29) is 11.9 Å². The summed E-state index contributed by atoms with van der Waals surface area (Å²) in [5.74, 6) is 0.809. The van der Waals surface area contributed by atoms with Crippen LogP contribution in [-0.4, -0.2) is 26.1 Å². The number of halogens is 1. The van der Waals surface area contributed by atoms with E-state index in [0.717, 1.165) is 42.0 Å². The third-order valence-electron chi connectivity index (χ3n) is 6.86. The predicted molar refractivity (Wildman–Crippen MR) is 158 cm³/mol. The lowest BCUT2D eigenvalue weighted by Crippen LogP contribution is -2.43. The lowest BCUT2D eigenvalue weighted by molar-refractivity contribution is -0.117. The Morgan fingerprint density at radius 1 is 1.11 bits per heavy atom. The first-order valence-electron chi connectivity index (χ1n) is 13.0. The van der Waals surface area contributed by atoms with E-state index in [0.29, 0.717) is 11.1 Å². The number of carbonyl (C=O) groups is 1. The first-order chi connectivity index (χ1) is 17.8. The van der Waals surface area contributed by atoms with Gasteiger partial charge in [0.2, 0.25) is 5.91 Å². The van der Waals surface area contributed by atoms with Gasteiger partial charge >= 0.3 is 0 Å². The summed E-state index contributed by atoms with van der Waals surface area (Å²) in [4.78, 5) is 16.6. The highest BCUT2D eigenvalue weighted by atomic mass is 35.5. The molecule has 1 heterocycles. The molecule has 0 aromatic heterocycles. The number of nitrogens with zero attached hydrogens (tertiary/aromatic N) is 2. The first-order valence-corrected chi connectivity index (χ1v) is 13.4. The van der Waals surface area contributed by atoms with Crippen LogP contribution in [0.15, 0.2) is 72.8 Å². The Hall–Kier alpha value is -3.24. The van der Waals surface area contributed by atoms with E-state index in [4.69, 9.17) is 16.3 Å². The van der Waals surface area contributed by atoms with Crippen LogP contribution in [0.2, 0.25) is 5.02 Å². The lowest BCUT2D eigenvalue weighted by Gasteiger charge is -2.43. The molecule has 0 saturated carbocycles. The number of benzene rings is 3. The molecule has 1 amide bonds. The van der Waals surface area contributed by atoms with Crippen molar-refractivity contribution in [2.45, 2.75) is 59.0 Å². The van der Waals surface area contributed by atoms with E-state index in [1.165, 1.54) is 11.1 Å². The minimum absolute atomic E-state index is 0.0119. The van der Waals surface area contributed by atoms with Gasteiger partial charge in [-0.15, -0.1) is 0 Å². The molecule has 37 heavy (non-hydrogen) atoms. The molecule has 0 spiro atoms. The molecule has 0 bridgehead atoms. The zero-order valence-electron chi connectivity index (χ0n) is 22.9. The van der Waals surface area contributed by atoms with E-state index in [1.807, 2.05) is 41.3 Å². The Morgan fingerprint density at radius 2 is 1.84 bits per heavy atom. The van der Waals surface area contributed by atoms with Crippen LogP contribution >= 0.6 is 11.6 Å². The molecule has 2 unspecified atom stereocenters. The van der Waals surface area contributed by atoms with E-state index < -0.39 is 0 Å². The maximum absolute atomic E-state index is 12.5. The van der Waals surface area contributed by atoms with Gasteiger partial charge in [0.05, 0.1) is 13.2 Å². The van der Waals surface area contributed by atoms with E-state index >= 15 is 0 Å². The van der Waals surface area contributed by atoms with Gasteiger partial charge in [-0.1, -0.05) is 61.9 Å². The summed E-state index contributed by atoms with van der Waals surface area (Å²) in [6, 6.07) is 22.4. The van der Waals surface area contributed by atoms with Crippen LogP contribution in [-0.2, 0) is 11.2 Å². The molecule has 3 aromatic rings. The normalized spacial score (nSPS) is 16.6. The third-order valence-corrected chi connectivity index (χ3v) is 7.11. The van der Waals surface area contributed by atoms with Crippen molar-refractivity contribution in [1.29, 1.82) is 0 Å². The maximum atomic E-state index is 12.5. The number of allylic oxidation sites excluding steroid dienone is 1. The molecule has 0 saturated heterocycles. The standard InChI is InChI=1S/C20H23ClN2O2.C12H16/c1-13-11-20(18-12-17(25-4)9-10-19(18)22(13)3)23(14(2)24)16-7-5-15(21)6-8-16;1-3-5-7-12-9-6-8-11(4-2)10-12/h5-10,12-13,20H,11H2,1-4H3;5-10H,3-4H2,1-2H3/b;7-5+. The van der Waals surface area contributed by atoms with Gasteiger partial charge in [-0.05, 0) is 79.8 Å². The highest BCUT2D eigenvalue weighted by molar-refractivity contribution is 6.30. The SMILES string of the molecule is CC/C=C/c1cccc(CC)c1.COc1ccc2c(c1)C(N(C(C)=O)c1ccc(Cl)cc1)CC(C)N2C. The number of amides is 1. The Labute approximate surface area is 227 Å². The van der Waals surface area contributed by atoms with Crippen LogP contribution in [0.4, 0.5) is 11.4 Å². The average Bonchev–Trinajstić information content (AvgIpc) is 2.91. The van der Waals surface area contributed by atoms with Crippen molar-refractivity contribution in [2.75, 3.05) is 24.0 Å². The fraction of sp³-hybridized carbons (Fsp3) is 0.344. The molecule has 4 rings (SSSR count). The predicted octanol–water partition coefficient (Wildman–Crippen LogP) is 8.34. The Balaban J connectivity index is 0.000000266. The van der Waals surface area contributed by atoms with Crippen LogP contribution in [0.1, 0.15) is 63.3 Å². The molecular formula is C32H39ClN2O2. The molecule has 3 aromatic carbocycles. The fourth-order valence-electron chi connectivity index (χ4n) is 4.69. The summed E-state index contributed by atoms with van der Waals surface area (Å²) in [6.07, 6.45) is 7.44. The van der Waals surface area contributed by atoms with E-state index in [2.05, 4.69) is 75.2 Å². The average molecular weight is 519 g/mol. The monoisotopic (exact) mass is 518 g/mol. The van der Waals surface area contributed by atoms with E-state index in [9.17, 15) is 4.79 Å². The number of fused-ring (bicyclic) bond motifs is 1. The van der Waals surface area contributed by atoms with Crippen molar-refractivity contribution in [3.63, 3.8) is 0 Å². The molecular weight excluding hydrogens is 480 g/mol. The van der Waals surface area contributed by atoms with Crippen molar-refractivity contribution >= 4 is 35.0 Å². The van der Waals surface area contributed by atoms with Gasteiger partial charge in [0.25, 0.3) is 0 Å². The number of methoxy groups -OCH3 is 1. The van der Waals surface area contributed by atoms with Crippen LogP contribution in [0.5, 0.6) is 5.75 Å². The summed E-state index contributed by atoms with van der Waals surface area (Å²) in [5, 5.41) is 0.658. The zero-order valence-corrected chi connectivity index (χ0v) is 23.6. The highest BCUT2D eigenvalue weighted by Crippen LogP contribution is 2.43. The number of rotatable bonds is 6. The minimum atomic E-state index is -0.0463. The molecule has 196 valence electrons. The van der Waals surface area contributed by atoms with Gasteiger partial charge in [0.15, 0.2) is 0 Å². The number of anilines is 2. The van der Waals surface area contributed by atoms with Crippen molar-refractivity contribution in [1.82, 2.24) is 0 Å². The van der Waals surface area contributed by atoms with Gasteiger partial charge in [-0.3, -0.25) is 4.79 Å². The third kappa shape index (κ3) is 7.17. The molecule has 0 radical (unpaired) electrons. The number of aryl methyl sites for hydroxylation is 1. The van der Waals surface area contributed by atoms with Crippen molar-refractivity contribution in [3.8, 4) is 5.75 Å². The van der Waals surface area contributed by atoms with Crippen molar-refractivity contribution in [3.05, 3.63) is 94.5 Å². The summed E-state index contributed by atoms with van der Waals surface area (Å²) in [5.41, 5.74) is 5.81. The summed E-state index contributed by atoms with van der Waals surface area (Å²) >= 11 is 6.02. The highest BCUT2D eigenvalue weighted by Gasteiger charge is 2.34. The van der Waals surface area contributed by atoms with Gasteiger partial charge < -0.3 is 14.5 Å². The number of hydrogen-bond donors (Lipinski definition) is 0. The Morgan fingerprint density at radius 3 is 2.46 bits per heavy atom. The quantitative estimate of drug-likeness (QED) is 0.328. The van der Waals surface area contributed by atoms with Gasteiger partial charge in [-0.25, -0.2) is 0 Å². The van der Waals surface area contributed by atoms with Crippen molar-refractivity contribution < 1.29 is 9.53 Å². The smallest absolute Gasteiger partial charge is 0.224 e. The second-order valence-electron chi connectivity index (χ2n) is 9.41. The largest absolute Gasteiger partial charge is 0.497 e. The van der Waals surface area contributed by atoms with Gasteiger partial charge in [0, 0.05) is 42.0 Å². The Kier molecular flexibility index (Phi) is 10.2. The zero-order chi connectivity index (χ0) is 26.9. The summed E-state index contributed by atoms with van der Waals surface area (Å²) in [7, 11) is 3.75. The van der Waals surface area contributed by atoms with Crippen molar-refractivity contribution in [2.24, 2.45) is 0 Å².